The molecule has 1 N–H and O–H groups in total. The Balaban J connectivity index is 2.11. The van der Waals surface area contributed by atoms with E-state index >= 15 is 0 Å². The van der Waals surface area contributed by atoms with Crippen molar-refractivity contribution in [1.29, 1.82) is 0 Å². The number of nitrogens with one attached hydrogen (secondary N) is 1. The van der Waals surface area contributed by atoms with Crippen LogP contribution >= 0.6 is 0 Å². The molecule has 0 fully saturated rings. The summed E-state index contributed by atoms with van der Waals surface area (Å²) in [5.41, 5.74) is 1.08. The normalized spacial score (nSPS) is 13.6. The summed E-state index contributed by atoms with van der Waals surface area (Å²) in [6.45, 7) is 2.72. The first-order valence-corrected chi connectivity index (χ1v) is 6.81. The molecule has 0 unspecified atom stereocenters. The lowest BCUT2D eigenvalue weighted by Crippen LogP contribution is -2.25. The molecule has 0 aromatic heterocycles. The van der Waals surface area contributed by atoms with Gasteiger partial charge in [0.05, 0.1) is 11.1 Å². The number of imide groups is 1. The topological polar surface area (TPSA) is 66.5 Å². The van der Waals surface area contributed by atoms with Crippen LogP contribution in [0.2, 0.25) is 0 Å². The zero-order chi connectivity index (χ0) is 14.7. The highest BCUT2D eigenvalue weighted by molar-refractivity contribution is 6.21. The first kappa shape index (κ1) is 14.2. The molecule has 20 heavy (non-hydrogen) atoms. The van der Waals surface area contributed by atoms with E-state index in [1.807, 2.05) is 0 Å². The first-order chi connectivity index (χ1) is 9.56. The predicted octanol–water partition coefficient (Wildman–Crippen LogP) is 1.83. The molecule has 5 heteroatoms. The molecule has 0 radical (unpaired) electrons. The highest BCUT2D eigenvalue weighted by atomic mass is 16.2. The number of fused-ring (bicyclic) bond motifs is 1. The Kier molecular flexibility index (Phi) is 4.17. The molecule has 0 saturated heterocycles. The van der Waals surface area contributed by atoms with Crippen molar-refractivity contribution in [3.63, 3.8) is 0 Å². The summed E-state index contributed by atoms with van der Waals surface area (Å²) in [5.74, 6) is -0.885. The van der Waals surface area contributed by atoms with Crippen molar-refractivity contribution in [3.05, 3.63) is 34.9 Å². The van der Waals surface area contributed by atoms with E-state index in [1.165, 1.54) is 13.1 Å². The van der Waals surface area contributed by atoms with Crippen LogP contribution in [0, 0.1) is 0 Å². The van der Waals surface area contributed by atoms with Crippen molar-refractivity contribution in [3.8, 4) is 0 Å². The molecule has 0 spiro atoms. The molecule has 1 heterocycles. The Bertz CT molecular complexity index is 566. The number of amides is 3. The molecule has 1 aliphatic heterocycles. The van der Waals surface area contributed by atoms with Gasteiger partial charge in [0.2, 0.25) is 0 Å². The second-order valence-corrected chi connectivity index (χ2v) is 4.89. The van der Waals surface area contributed by atoms with E-state index < -0.39 is 0 Å². The van der Waals surface area contributed by atoms with E-state index in [2.05, 4.69) is 12.2 Å². The third-order valence-corrected chi connectivity index (χ3v) is 3.42. The Labute approximate surface area is 118 Å². The summed E-state index contributed by atoms with van der Waals surface area (Å²) >= 11 is 0. The van der Waals surface area contributed by atoms with Gasteiger partial charge in [-0.1, -0.05) is 19.8 Å². The molecule has 1 aromatic carbocycles. The van der Waals surface area contributed by atoms with E-state index in [-0.39, 0.29) is 17.7 Å². The van der Waals surface area contributed by atoms with Gasteiger partial charge in [0.1, 0.15) is 0 Å². The van der Waals surface area contributed by atoms with Crippen molar-refractivity contribution >= 4 is 17.7 Å². The van der Waals surface area contributed by atoms with Crippen LogP contribution in [0.5, 0.6) is 0 Å². The lowest BCUT2D eigenvalue weighted by molar-refractivity contribution is 0.0693. The van der Waals surface area contributed by atoms with Gasteiger partial charge in [-0.25, -0.2) is 0 Å². The Hall–Kier alpha value is -2.17. The number of hydrogen-bond acceptors (Lipinski definition) is 3. The molecule has 3 amide bonds. The summed E-state index contributed by atoms with van der Waals surface area (Å²) in [5, 5.41) is 2.81. The van der Waals surface area contributed by atoms with Gasteiger partial charge in [-0.2, -0.15) is 0 Å². The number of carbonyl (C=O) groups excluding carboxylic acids is 3. The minimum atomic E-state index is -0.356. The molecule has 106 valence electrons. The lowest BCUT2D eigenvalue weighted by Gasteiger charge is -2.05. The third kappa shape index (κ3) is 2.57. The maximum atomic E-state index is 12.0. The number of hydrogen-bond donors (Lipinski definition) is 1. The highest BCUT2D eigenvalue weighted by Gasteiger charge is 2.33. The zero-order valence-corrected chi connectivity index (χ0v) is 11.7. The van der Waals surface area contributed by atoms with Crippen LogP contribution in [-0.2, 0) is 0 Å². The Morgan fingerprint density at radius 3 is 2.55 bits per heavy atom. The van der Waals surface area contributed by atoms with Gasteiger partial charge >= 0.3 is 0 Å². The van der Waals surface area contributed by atoms with Gasteiger partial charge in [0.15, 0.2) is 0 Å². The van der Waals surface area contributed by atoms with Crippen molar-refractivity contribution in [2.24, 2.45) is 0 Å². The molecule has 0 atom stereocenters. The van der Waals surface area contributed by atoms with E-state index in [1.54, 1.807) is 12.1 Å². The molecular weight excluding hydrogens is 256 g/mol. The van der Waals surface area contributed by atoms with Gasteiger partial charge in [-0.3, -0.25) is 19.3 Å². The molecule has 0 aliphatic carbocycles. The molecule has 5 nitrogen and oxygen atoms in total. The largest absolute Gasteiger partial charge is 0.352 e. The van der Waals surface area contributed by atoms with Gasteiger partial charge in [-0.15, -0.1) is 0 Å². The standard InChI is InChI=1S/C15H18N2O3/c1-3-4-5-8-16-13(18)10-6-7-11-12(9-10)15(20)17(2)14(11)19/h6-7,9H,3-5,8H2,1-2H3,(H,16,18). The summed E-state index contributed by atoms with van der Waals surface area (Å²) in [7, 11) is 1.44. The van der Waals surface area contributed by atoms with Crippen LogP contribution in [-0.4, -0.2) is 36.2 Å². The van der Waals surface area contributed by atoms with E-state index in [9.17, 15) is 14.4 Å². The van der Waals surface area contributed by atoms with Crippen molar-refractivity contribution < 1.29 is 14.4 Å². The monoisotopic (exact) mass is 274 g/mol. The summed E-state index contributed by atoms with van der Waals surface area (Å²) in [6, 6.07) is 4.62. The summed E-state index contributed by atoms with van der Waals surface area (Å²) < 4.78 is 0. The fourth-order valence-electron chi connectivity index (χ4n) is 2.18. The van der Waals surface area contributed by atoms with E-state index in [4.69, 9.17) is 0 Å². The molecular formula is C15H18N2O3. The Morgan fingerprint density at radius 2 is 1.85 bits per heavy atom. The van der Waals surface area contributed by atoms with Crippen LogP contribution < -0.4 is 5.32 Å². The maximum Gasteiger partial charge on any atom is 0.261 e. The fraction of sp³-hybridized carbons (Fsp3) is 0.400. The average molecular weight is 274 g/mol. The van der Waals surface area contributed by atoms with Gasteiger partial charge < -0.3 is 5.32 Å². The predicted molar refractivity (Wildman–Crippen MR) is 74.7 cm³/mol. The number of nitrogens with zero attached hydrogens (tertiary/aromatic N) is 1. The SMILES string of the molecule is CCCCCNC(=O)c1ccc2c(c1)C(=O)N(C)C2=O. The second kappa shape index (κ2) is 5.86. The van der Waals surface area contributed by atoms with Crippen molar-refractivity contribution in [2.45, 2.75) is 26.2 Å². The quantitative estimate of drug-likeness (QED) is 0.658. The summed E-state index contributed by atoms with van der Waals surface area (Å²) in [6.07, 6.45) is 3.10. The Morgan fingerprint density at radius 1 is 1.15 bits per heavy atom. The lowest BCUT2D eigenvalue weighted by atomic mass is 10.1. The molecule has 1 aromatic rings. The van der Waals surface area contributed by atoms with E-state index in [0.717, 1.165) is 24.2 Å². The highest BCUT2D eigenvalue weighted by Crippen LogP contribution is 2.22. The van der Waals surface area contributed by atoms with Crippen LogP contribution in [0.15, 0.2) is 18.2 Å². The van der Waals surface area contributed by atoms with Crippen LogP contribution in [0.1, 0.15) is 57.3 Å². The van der Waals surface area contributed by atoms with E-state index in [0.29, 0.717) is 23.2 Å². The minimum absolute atomic E-state index is 0.210. The van der Waals surface area contributed by atoms with Crippen LogP contribution in [0.3, 0.4) is 0 Å². The maximum absolute atomic E-state index is 12.0. The van der Waals surface area contributed by atoms with Crippen LogP contribution in [0.25, 0.3) is 0 Å². The van der Waals surface area contributed by atoms with Crippen molar-refractivity contribution in [2.75, 3.05) is 13.6 Å². The zero-order valence-electron chi connectivity index (χ0n) is 11.7. The van der Waals surface area contributed by atoms with Crippen LogP contribution in [0.4, 0.5) is 0 Å². The van der Waals surface area contributed by atoms with Crippen molar-refractivity contribution in [1.82, 2.24) is 10.2 Å². The van der Waals surface area contributed by atoms with Gasteiger partial charge in [0, 0.05) is 19.2 Å². The fourth-order valence-corrected chi connectivity index (χ4v) is 2.18. The number of unbranched alkanes of at least 4 members (excludes halogenated alkanes) is 2. The average Bonchev–Trinajstić information content (AvgIpc) is 2.68. The first-order valence-electron chi connectivity index (χ1n) is 6.81. The molecule has 1 aliphatic rings. The summed E-state index contributed by atoms with van der Waals surface area (Å²) in [4.78, 5) is 36.6. The minimum Gasteiger partial charge on any atom is -0.352 e. The third-order valence-electron chi connectivity index (χ3n) is 3.42. The van der Waals surface area contributed by atoms with Gasteiger partial charge in [-0.05, 0) is 24.6 Å². The number of carbonyl (C=O) groups is 3. The van der Waals surface area contributed by atoms with Gasteiger partial charge in [0.25, 0.3) is 17.7 Å². The second-order valence-electron chi connectivity index (χ2n) is 4.89. The molecule has 2 rings (SSSR count). The smallest absolute Gasteiger partial charge is 0.261 e. The molecule has 0 bridgehead atoms. The number of rotatable bonds is 5. The molecule has 0 saturated carbocycles. The number of benzene rings is 1.